The molecule has 1 aromatic carbocycles. The van der Waals surface area contributed by atoms with E-state index in [1.165, 1.54) is 0 Å². The monoisotopic (exact) mass is 321 g/mol. The number of alkyl halides is 2. The smallest absolute Gasteiger partial charge is 0.254 e. The van der Waals surface area contributed by atoms with Gasteiger partial charge in [0.2, 0.25) is 5.91 Å². The number of nitrogens with zero attached hydrogens (tertiary/aromatic N) is 1. The molecule has 3 rings (SSSR count). The highest BCUT2D eigenvalue weighted by molar-refractivity contribution is 5.96. The van der Waals surface area contributed by atoms with Crippen LogP contribution in [0.15, 0.2) is 30.3 Å². The highest BCUT2D eigenvalue weighted by Gasteiger charge is 2.70. The highest BCUT2D eigenvalue weighted by Crippen LogP contribution is 2.65. The van der Waals surface area contributed by atoms with Gasteiger partial charge < -0.3 is 4.90 Å². The Morgan fingerprint density at radius 3 is 2.22 bits per heavy atom. The van der Waals surface area contributed by atoms with E-state index < -0.39 is 11.3 Å². The zero-order valence-electron chi connectivity index (χ0n) is 13.1. The molecule has 0 bridgehead atoms. The van der Waals surface area contributed by atoms with Crippen LogP contribution in [0.2, 0.25) is 0 Å². The molecule has 1 spiro atoms. The summed E-state index contributed by atoms with van der Waals surface area (Å²) in [4.78, 5) is 25.8. The van der Waals surface area contributed by atoms with E-state index in [0.717, 1.165) is 0 Å². The number of likely N-dealkylation sites (tertiary alicyclic amines) is 1. The van der Waals surface area contributed by atoms with E-state index in [4.69, 9.17) is 0 Å². The third kappa shape index (κ3) is 3.28. The Kier molecular flexibility index (Phi) is 4.21. The number of ketones is 1. The molecule has 3 nitrogen and oxygen atoms in total. The molecule has 23 heavy (non-hydrogen) atoms. The van der Waals surface area contributed by atoms with Crippen LogP contribution < -0.4 is 0 Å². The standard InChI is InChI=1S/C18H21F2NO2/c19-18(20)13-17(18)9-11-21(12-10-17)16(23)8-4-7-15(22)14-5-2-1-3-6-14/h1-3,5-6H,4,7-13H2. The Labute approximate surface area is 134 Å². The number of rotatable bonds is 5. The Morgan fingerprint density at radius 1 is 1.04 bits per heavy atom. The number of hydrogen-bond donors (Lipinski definition) is 0. The molecule has 1 aliphatic heterocycles. The fourth-order valence-electron chi connectivity index (χ4n) is 3.43. The molecule has 0 unspecified atom stereocenters. The maximum Gasteiger partial charge on any atom is 0.254 e. The normalized spacial score (nSPS) is 21.2. The van der Waals surface area contributed by atoms with E-state index >= 15 is 0 Å². The van der Waals surface area contributed by atoms with Gasteiger partial charge in [0.1, 0.15) is 0 Å². The highest BCUT2D eigenvalue weighted by atomic mass is 19.3. The second kappa shape index (κ2) is 6.02. The van der Waals surface area contributed by atoms with Crippen LogP contribution in [0.5, 0.6) is 0 Å². The molecular weight excluding hydrogens is 300 g/mol. The SMILES string of the molecule is O=C(CCCC(=O)N1CCC2(CC1)CC2(F)F)c1ccccc1. The molecular formula is C18H21F2NO2. The van der Waals surface area contributed by atoms with Crippen LogP contribution in [-0.4, -0.2) is 35.6 Å². The lowest BCUT2D eigenvalue weighted by Crippen LogP contribution is -2.40. The van der Waals surface area contributed by atoms with Crippen molar-refractivity contribution in [2.75, 3.05) is 13.1 Å². The number of hydrogen-bond acceptors (Lipinski definition) is 2. The molecule has 1 heterocycles. The van der Waals surface area contributed by atoms with Crippen molar-refractivity contribution in [1.29, 1.82) is 0 Å². The molecule has 124 valence electrons. The third-order valence-corrected chi connectivity index (χ3v) is 5.17. The summed E-state index contributed by atoms with van der Waals surface area (Å²) in [7, 11) is 0. The van der Waals surface area contributed by atoms with Gasteiger partial charge in [-0.25, -0.2) is 8.78 Å². The van der Waals surface area contributed by atoms with E-state index in [9.17, 15) is 18.4 Å². The van der Waals surface area contributed by atoms with Crippen molar-refractivity contribution < 1.29 is 18.4 Å². The first kappa shape index (κ1) is 16.1. The first-order valence-electron chi connectivity index (χ1n) is 8.17. The Morgan fingerprint density at radius 2 is 1.65 bits per heavy atom. The van der Waals surface area contributed by atoms with Gasteiger partial charge in [-0.2, -0.15) is 0 Å². The number of carbonyl (C=O) groups is 2. The summed E-state index contributed by atoms with van der Waals surface area (Å²) in [5.74, 6) is -2.51. The molecule has 2 aliphatic rings. The van der Waals surface area contributed by atoms with E-state index in [1.54, 1.807) is 17.0 Å². The maximum atomic E-state index is 13.3. The predicted octanol–water partition coefficient (Wildman–Crippen LogP) is 3.69. The van der Waals surface area contributed by atoms with Crippen molar-refractivity contribution in [3.8, 4) is 0 Å². The Hall–Kier alpha value is -1.78. The molecule has 1 aliphatic carbocycles. The summed E-state index contributed by atoms with van der Waals surface area (Å²) in [6.45, 7) is 0.835. The van der Waals surface area contributed by atoms with Crippen molar-refractivity contribution in [3.05, 3.63) is 35.9 Å². The molecule has 0 radical (unpaired) electrons. The fourth-order valence-corrected chi connectivity index (χ4v) is 3.43. The Balaban J connectivity index is 1.40. The van der Waals surface area contributed by atoms with Crippen LogP contribution in [0.3, 0.4) is 0 Å². The molecule has 1 saturated carbocycles. The lowest BCUT2D eigenvalue weighted by Gasteiger charge is -2.32. The first-order chi connectivity index (χ1) is 10.9. The van der Waals surface area contributed by atoms with Gasteiger partial charge in [0.25, 0.3) is 5.92 Å². The number of halogens is 2. The molecule has 2 fully saturated rings. The van der Waals surface area contributed by atoms with Gasteiger partial charge in [-0.05, 0) is 19.3 Å². The summed E-state index contributed by atoms with van der Waals surface area (Å²) in [5.41, 5.74) is -0.164. The van der Waals surface area contributed by atoms with E-state index in [2.05, 4.69) is 0 Å². The average molecular weight is 321 g/mol. The van der Waals surface area contributed by atoms with Crippen LogP contribution in [0.1, 0.15) is 48.9 Å². The molecule has 1 amide bonds. The lowest BCUT2D eigenvalue weighted by atomic mass is 9.92. The first-order valence-corrected chi connectivity index (χ1v) is 8.17. The Bertz CT molecular complexity index is 592. The van der Waals surface area contributed by atoms with Gasteiger partial charge in [-0.3, -0.25) is 9.59 Å². The largest absolute Gasteiger partial charge is 0.343 e. The molecule has 0 atom stereocenters. The van der Waals surface area contributed by atoms with E-state index in [-0.39, 0.29) is 18.1 Å². The summed E-state index contributed by atoms with van der Waals surface area (Å²) in [6.07, 6.45) is 1.93. The van der Waals surface area contributed by atoms with Crippen molar-refractivity contribution in [3.63, 3.8) is 0 Å². The molecule has 1 aromatic rings. The minimum Gasteiger partial charge on any atom is -0.343 e. The third-order valence-electron chi connectivity index (χ3n) is 5.17. The molecule has 5 heteroatoms. The minimum atomic E-state index is -2.52. The molecule has 0 N–H and O–H groups in total. The van der Waals surface area contributed by atoms with E-state index in [1.807, 2.05) is 18.2 Å². The maximum absolute atomic E-state index is 13.3. The second-order valence-corrected chi connectivity index (χ2v) is 6.69. The number of benzene rings is 1. The van der Waals surface area contributed by atoms with Gasteiger partial charge in [-0.1, -0.05) is 30.3 Å². The zero-order valence-corrected chi connectivity index (χ0v) is 13.1. The van der Waals surface area contributed by atoms with Crippen LogP contribution in [0.25, 0.3) is 0 Å². The van der Waals surface area contributed by atoms with Crippen LogP contribution in [0.4, 0.5) is 8.78 Å². The minimum absolute atomic E-state index is 0.0202. The average Bonchev–Trinajstić information content (AvgIpc) is 3.08. The predicted molar refractivity (Wildman–Crippen MR) is 82.4 cm³/mol. The lowest BCUT2D eigenvalue weighted by molar-refractivity contribution is -0.133. The summed E-state index contributed by atoms with van der Waals surface area (Å²) >= 11 is 0. The van der Waals surface area contributed by atoms with Gasteiger partial charge in [0, 0.05) is 43.3 Å². The molecule has 1 saturated heterocycles. The summed E-state index contributed by atoms with van der Waals surface area (Å²) in [5, 5.41) is 0. The van der Waals surface area contributed by atoms with Gasteiger partial charge in [-0.15, -0.1) is 0 Å². The van der Waals surface area contributed by atoms with Gasteiger partial charge in [0.15, 0.2) is 5.78 Å². The van der Waals surface area contributed by atoms with E-state index in [0.29, 0.717) is 50.8 Å². The number of carbonyl (C=O) groups excluding carboxylic acids is 2. The van der Waals surface area contributed by atoms with Crippen molar-refractivity contribution in [2.45, 2.75) is 44.4 Å². The van der Waals surface area contributed by atoms with Crippen LogP contribution >= 0.6 is 0 Å². The number of piperidine rings is 1. The fraction of sp³-hybridized carbons (Fsp3) is 0.556. The quantitative estimate of drug-likeness (QED) is 0.776. The van der Waals surface area contributed by atoms with Gasteiger partial charge in [0.05, 0.1) is 0 Å². The van der Waals surface area contributed by atoms with Crippen molar-refractivity contribution >= 4 is 11.7 Å². The number of Topliss-reactive ketones (excluding diaryl/α,β-unsaturated/α-hetero) is 1. The molecule has 0 aromatic heterocycles. The number of amides is 1. The summed E-state index contributed by atoms with van der Waals surface area (Å²) in [6, 6.07) is 9.02. The van der Waals surface area contributed by atoms with Gasteiger partial charge >= 0.3 is 0 Å². The second-order valence-electron chi connectivity index (χ2n) is 6.69. The van der Waals surface area contributed by atoms with Crippen LogP contribution in [0, 0.1) is 5.41 Å². The zero-order chi connectivity index (χ0) is 16.5. The summed E-state index contributed by atoms with van der Waals surface area (Å²) < 4.78 is 26.6. The van der Waals surface area contributed by atoms with Crippen molar-refractivity contribution in [2.24, 2.45) is 5.41 Å². The van der Waals surface area contributed by atoms with Crippen molar-refractivity contribution in [1.82, 2.24) is 4.90 Å². The van der Waals surface area contributed by atoms with Crippen LogP contribution in [-0.2, 0) is 4.79 Å². The topological polar surface area (TPSA) is 37.4 Å².